The monoisotopic (exact) mass is 244 g/mol. The smallest absolute Gasteiger partial charge is 0.129 e. The van der Waals surface area contributed by atoms with Gasteiger partial charge < -0.3 is 5.32 Å². The van der Waals surface area contributed by atoms with E-state index in [1.807, 2.05) is 37.1 Å². The van der Waals surface area contributed by atoms with Gasteiger partial charge in [0.2, 0.25) is 0 Å². The highest BCUT2D eigenvalue weighted by atomic mass is 32.2. The van der Waals surface area contributed by atoms with Crippen LogP contribution in [-0.4, -0.2) is 12.0 Å². The summed E-state index contributed by atoms with van der Waals surface area (Å²) in [7, 11) is 1.91. The zero-order valence-electron chi connectivity index (χ0n) is 9.89. The molecule has 2 nitrogen and oxygen atoms in total. The Labute approximate surface area is 106 Å². The van der Waals surface area contributed by atoms with E-state index in [9.17, 15) is 0 Å². The summed E-state index contributed by atoms with van der Waals surface area (Å²) in [5.74, 6) is 3.01. The Morgan fingerprint density at radius 3 is 2.65 bits per heavy atom. The molecule has 1 N–H and O–H groups in total. The van der Waals surface area contributed by atoms with Crippen molar-refractivity contribution in [3.63, 3.8) is 0 Å². The van der Waals surface area contributed by atoms with Gasteiger partial charge in [0.25, 0.3) is 0 Å². The van der Waals surface area contributed by atoms with E-state index < -0.39 is 0 Å². The number of anilines is 1. The summed E-state index contributed by atoms with van der Waals surface area (Å²) < 4.78 is 0. The molecule has 2 rings (SSSR count). The first-order valence-electron chi connectivity index (χ1n) is 5.63. The molecule has 17 heavy (non-hydrogen) atoms. The van der Waals surface area contributed by atoms with Crippen LogP contribution in [0.2, 0.25) is 0 Å². The van der Waals surface area contributed by atoms with Crippen molar-refractivity contribution in [1.82, 2.24) is 4.98 Å². The number of rotatable bonds is 5. The van der Waals surface area contributed by atoms with Gasteiger partial charge in [-0.25, -0.2) is 4.98 Å². The van der Waals surface area contributed by atoms with Crippen molar-refractivity contribution in [1.29, 1.82) is 0 Å². The van der Waals surface area contributed by atoms with Gasteiger partial charge in [-0.2, -0.15) is 11.8 Å². The first kappa shape index (κ1) is 12.0. The average Bonchev–Trinajstić information content (AvgIpc) is 2.40. The van der Waals surface area contributed by atoms with Gasteiger partial charge in [0.15, 0.2) is 0 Å². The molecule has 0 aliphatic heterocycles. The first-order valence-corrected chi connectivity index (χ1v) is 6.79. The van der Waals surface area contributed by atoms with Crippen LogP contribution in [0, 0.1) is 0 Å². The second-order valence-electron chi connectivity index (χ2n) is 3.74. The molecule has 0 amide bonds. The summed E-state index contributed by atoms with van der Waals surface area (Å²) in [6.45, 7) is 0. The summed E-state index contributed by atoms with van der Waals surface area (Å²) in [4.78, 5) is 4.30. The minimum Gasteiger partial charge on any atom is -0.373 e. The van der Waals surface area contributed by atoms with Crippen LogP contribution in [0.5, 0.6) is 0 Å². The molecule has 0 aliphatic carbocycles. The lowest BCUT2D eigenvalue weighted by Crippen LogP contribution is -1.96. The third-order valence-electron chi connectivity index (χ3n) is 2.50. The maximum atomic E-state index is 4.30. The van der Waals surface area contributed by atoms with Gasteiger partial charge in [-0.3, -0.25) is 0 Å². The van der Waals surface area contributed by atoms with Crippen molar-refractivity contribution >= 4 is 17.6 Å². The lowest BCUT2D eigenvalue weighted by Gasteiger charge is -2.07. The molecule has 0 unspecified atom stereocenters. The number of nitrogens with zero attached hydrogens (tertiary/aromatic N) is 1. The number of hydrogen-bond donors (Lipinski definition) is 1. The van der Waals surface area contributed by atoms with Crippen LogP contribution in [0.1, 0.15) is 11.1 Å². The van der Waals surface area contributed by atoms with Crippen molar-refractivity contribution in [3.8, 4) is 0 Å². The highest BCUT2D eigenvalue weighted by Crippen LogP contribution is 2.21. The Bertz CT molecular complexity index is 457. The second kappa shape index (κ2) is 6.30. The minimum absolute atomic E-state index is 0.980. The zero-order chi connectivity index (χ0) is 11.9. The Morgan fingerprint density at radius 2 is 1.88 bits per heavy atom. The molecule has 1 heterocycles. The predicted octanol–water partition coefficient (Wildman–Crippen LogP) is 3.56. The summed E-state index contributed by atoms with van der Waals surface area (Å²) in [6, 6.07) is 14.6. The van der Waals surface area contributed by atoms with Crippen LogP contribution in [0.4, 0.5) is 5.82 Å². The van der Waals surface area contributed by atoms with Gasteiger partial charge in [0.05, 0.1) is 0 Å². The van der Waals surface area contributed by atoms with E-state index in [1.54, 1.807) is 0 Å². The topological polar surface area (TPSA) is 24.9 Å². The van der Waals surface area contributed by atoms with Crippen LogP contribution in [0.3, 0.4) is 0 Å². The molecule has 0 aliphatic rings. The molecule has 2 aromatic rings. The van der Waals surface area contributed by atoms with Crippen molar-refractivity contribution in [2.45, 2.75) is 11.5 Å². The number of thioether (sulfide) groups is 1. The Kier molecular flexibility index (Phi) is 4.45. The summed E-state index contributed by atoms with van der Waals surface area (Å²) in [5.41, 5.74) is 2.63. The molecule has 0 bridgehead atoms. The predicted molar refractivity (Wildman–Crippen MR) is 75.2 cm³/mol. The molecule has 88 valence electrons. The molecule has 0 fully saturated rings. The highest BCUT2D eigenvalue weighted by Gasteiger charge is 2.01. The molecule has 3 heteroatoms. The summed E-state index contributed by atoms with van der Waals surface area (Å²) in [5, 5.41) is 3.12. The Hall–Kier alpha value is -1.48. The SMILES string of the molecule is CNc1ncccc1CSCc1ccccc1. The molecule has 1 aromatic heterocycles. The normalized spacial score (nSPS) is 10.2. The summed E-state index contributed by atoms with van der Waals surface area (Å²) in [6.07, 6.45) is 1.82. The van der Waals surface area contributed by atoms with Gasteiger partial charge >= 0.3 is 0 Å². The standard InChI is InChI=1S/C14H16N2S/c1-15-14-13(8-5-9-16-14)11-17-10-12-6-3-2-4-7-12/h2-9H,10-11H2,1H3,(H,15,16). The van der Waals surface area contributed by atoms with Crippen molar-refractivity contribution in [2.24, 2.45) is 0 Å². The van der Waals surface area contributed by atoms with E-state index in [1.165, 1.54) is 11.1 Å². The number of nitrogens with one attached hydrogen (secondary N) is 1. The van der Waals surface area contributed by atoms with Gasteiger partial charge in [0.1, 0.15) is 5.82 Å². The van der Waals surface area contributed by atoms with Crippen LogP contribution in [0.15, 0.2) is 48.7 Å². The van der Waals surface area contributed by atoms with Gasteiger partial charge in [-0.15, -0.1) is 0 Å². The van der Waals surface area contributed by atoms with E-state index in [0.29, 0.717) is 0 Å². The fourth-order valence-corrected chi connectivity index (χ4v) is 2.62. The Morgan fingerprint density at radius 1 is 1.06 bits per heavy atom. The number of benzene rings is 1. The fraction of sp³-hybridized carbons (Fsp3) is 0.214. The van der Waals surface area contributed by atoms with E-state index in [2.05, 4.69) is 40.6 Å². The number of aromatic nitrogens is 1. The lowest BCUT2D eigenvalue weighted by molar-refractivity contribution is 1.22. The van der Waals surface area contributed by atoms with Crippen molar-refractivity contribution in [2.75, 3.05) is 12.4 Å². The second-order valence-corrected chi connectivity index (χ2v) is 4.73. The van der Waals surface area contributed by atoms with E-state index in [0.717, 1.165) is 17.3 Å². The quantitative estimate of drug-likeness (QED) is 0.870. The van der Waals surface area contributed by atoms with Gasteiger partial charge in [-0.05, 0) is 11.6 Å². The highest BCUT2D eigenvalue weighted by molar-refractivity contribution is 7.97. The van der Waals surface area contributed by atoms with E-state index >= 15 is 0 Å². The molecule has 0 radical (unpaired) electrons. The maximum absolute atomic E-state index is 4.30. The fourth-order valence-electron chi connectivity index (χ4n) is 1.63. The number of hydrogen-bond acceptors (Lipinski definition) is 3. The van der Waals surface area contributed by atoms with Gasteiger partial charge in [-0.1, -0.05) is 36.4 Å². The maximum Gasteiger partial charge on any atom is 0.129 e. The van der Waals surface area contributed by atoms with E-state index in [-0.39, 0.29) is 0 Å². The largest absolute Gasteiger partial charge is 0.373 e. The molecule has 0 saturated heterocycles. The zero-order valence-corrected chi connectivity index (χ0v) is 10.7. The van der Waals surface area contributed by atoms with E-state index in [4.69, 9.17) is 0 Å². The molecular formula is C14H16N2S. The minimum atomic E-state index is 0.980. The van der Waals surface area contributed by atoms with Gasteiger partial charge in [0, 0.05) is 30.3 Å². The average molecular weight is 244 g/mol. The summed E-state index contributed by atoms with van der Waals surface area (Å²) >= 11 is 1.91. The molecular weight excluding hydrogens is 228 g/mol. The van der Waals surface area contributed by atoms with Crippen LogP contribution >= 0.6 is 11.8 Å². The third-order valence-corrected chi connectivity index (χ3v) is 3.55. The van der Waals surface area contributed by atoms with Crippen LogP contribution in [-0.2, 0) is 11.5 Å². The molecule has 0 spiro atoms. The van der Waals surface area contributed by atoms with Crippen molar-refractivity contribution in [3.05, 3.63) is 59.8 Å². The lowest BCUT2D eigenvalue weighted by atomic mass is 10.2. The third kappa shape index (κ3) is 3.49. The van der Waals surface area contributed by atoms with Crippen molar-refractivity contribution < 1.29 is 0 Å². The van der Waals surface area contributed by atoms with Crippen LogP contribution in [0.25, 0.3) is 0 Å². The Balaban J connectivity index is 1.90. The molecule has 1 aromatic carbocycles. The van der Waals surface area contributed by atoms with Crippen LogP contribution < -0.4 is 5.32 Å². The number of pyridine rings is 1. The molecule has 0 saturated carbocycles. The molecule has 0 atom stereocenters. The first-order chi connectivity index (χ1) is 8.40.